The number of nitrogens with zero attached hydrogens (tertiary/aromatic N) is 2. The van der Waals surface area contributed by atoms with Gasteiger partial charge in [-0.3, -0.25) is 4.90 Å². The number of piperazine rings is 1. The van der Waals surface area contributed by atoms with E-state index < -0.39 is 0 Å². The molecule has 2 aliphatic rings. The van der Waals surface area contributed by atoms with Crippen molar-refractivity contribution in [2.75, 3.05) is 45.8 Å². The first-order chi connectivity index (χ1) is 7.36. The van der Waals surface area contributed by atoms with Crippen LogP contribution in [0.25, 0.3) is 0 Å². The molecule has 1 atom stereocenters. The Morgan fingerprint density at radius 2 is 1.87 bits per heavy atom. The zero-order chi connectivity index (χ0) is 10.5. The van der Waals surface area contributed by atoms with E-state index in [4.69, 9.17) is 0 Å². The summed E-state index contributed by atoms with van der Waals surface area (Å²) in [7, 11) is 0. The van der Waals surface area contributed by atoms with Gasteiger partial charge in [-0.25, -0.2) is 0 Å². The van der Waals surface area contributed by atoms with Gasteiger partial charge < -0.3 is 10.2 Å². The van der Waals surface area contributed by atoms with Crippen molar-refractivity contribution < 1.29 is 0 Å². The molecule has 2 fully saturated rings. The predicted molar refractivity (Wildman–Crippen MR) is 64.2 cm³/mol. The van der Waals surface area contributed by atoms with Gasteiger partial charge in [0.2, 0.25) is 0 Å². The summed E-state index contributed by atoms with van der Waals surface area (Å²) in [5, 5.41) is 3.45. The highest BCUT2D eigenvalue weighted by Crippen LogP contribution is 2.09. The summed E-state index contributed by atoms with van der Waals surface area (Å²) in [6.45, 7) is 11.1. The van der Waals surface area contributed by atoms with Gasteiger partial charge in [-0.05, 0) is 32.9 Å². The maximum atomic E-state index is 3.45. The van der Waals surface area contributed by atoms with E-state index in [0.717, 1.165) is 6.04 Å². The second-order valence-corrected chi connectivity index (χ2v) is 4.99. The summed E-state index contributed by atoms with van der Waals surface area (Å²) in [6, 6.07) is 0.726. The molecule has 1 N–H and O–H groups in total. The third kappa shape index (κ3) is 3.44. The average molecular weight is 211 g/mol. The van der Waals surface area contributed by atoms with Crippen molar-refractivity contribution in [3.63, 3.8) is 0 Å². The van der Waals surface area contributed by atoms with E-state index >= 15 is 0 Å². The Bertz CT molecular complexity index is 178. The molecule has 2 rings (SSSR count). The Kier molecular flexibility index (Phi) is 4.42. The van der Waals surface area contributed by atoms with Gasteiger partial charge in [-0.15, -0.1) is 0 Å². The van der Waals surface area contributed by atoms with E-state index in [1.807, 2.05) is 0 Å². The summed E-state index contributed by atoms with van der Waals surface area (Å²) < 4.78 is 0. The van der Waals surface area contributed by atoms with Crippen LogP contribution in [0.1, 0.15) is 26.2 Å². The van der Waals surface area contributed by atoms with Crippen molar-refractivity contribution in [3.05, 3.63) is 0 Å². The van der Waals surface area contributed by atoms with Crippen molar-refractivity contribution in [1.29, 1.82) is 0 Å². The van der Waals surface area contributed by atoms with Crippen LogP contribution in [-0.2, 0) is 0 Å². The average Bonchev–Trinajstić information content (AvgIpc) is 2.29. The maximum Gasteiger partial charge on any atom is 0.0193 e. The van der Waals surface area contributed by atoms with Crippen LogP contribution in [0.3, 0.4) is 0 Å². The quantitative estimate of drug-likeness (QED) is 0.744. The molecular formula is C12H25N3. The highest BCUT2D eigenvalue weighted by molar-refractivity contribution is 4.77. The van der Waals surface area contributed by atoms with Crippen LogP contribution >= 0.6 is 0 Å². The summed E-state index contributed by atoms with van der Waals surface area (Å²) >= 11 is 0. The van der Waals surface area contributed by atoms with Crippen molar-refractivity contribution in [2.45, 2.75) is 32.2 Å². The number of piperidine rings is 1. The zero-order valence-corrected chi connectivity index (χ0v) is 10.0. The van der Waals surface area contributed by atoms with E-state index in [-0.39, 0.29) is 0 Å². The third-order valence-corrected chi connectivity index (χ3v) is 3.79. The van der Waals surface area contributed by atoms with Crippen LogP contribution in [0.15, 0.2) is 0 Å². The summed E-state index contributed by atoms with van der Waals surface area (Å²) in [5.74, 6) is 0. The first-order valence-corrected chi connectivity index (χ1v) is 6.53. The lowest BCUT2D eigenvalue weighted by Gasteiger charge is -2.36. The zero-order valence-electron chi connectivity index (χ0n) is 10.0. The van der Waals surface area contributed by atoms with Crippen LogP contribution in [0.2, 0.25) is 0 Å². The predicted octanol–water partition coefficient (Wildman–Crippen LogP) is 0.766. The Balaban J connectivity index is 1.67. The van der Waals surface area contributed by atoms with E-state index in [9.17, 15) is 0 Å². The Hall–Kier alpha value is -0.120. The van der Waals surface area contributed by atoms with Crippen molar-refractivity contribution >= 4 is 0 Å². The van der Waals surface area contributed by atoms with Crippen LogP contribution in [0.4, 0.5) is 0 Å². The second-order valence-electron chi connectivity index (χ2n) is 4.99. The molecule has 0 aliphatic carbocycles. The fourth-order valence-electron chi connectivity index (χ4n) is 2.67. The summed E-state index contributed by atoms with van der Waals surface area (Å²) in [5.41, 5.74) is 0. The minimum Gasteiger partial charge on any atom is -0.314 e. The Labute approximate surface area is 93.8 Å². The number of hydrogen-bond acceptors (Lipinski definition) is 3. The number of nitrogens with one attached hydrogen (secondary N) is 1. The lowest BCUT2D eigenvalue weighted by atomic mass is 10.1. The monoisotopic (exact) mass is 211 g/mol. The first kappa shape index (κ1) is 11.4. The Morgan fingerprint density at radius 1 is 1.07 bits per heavy atom. The molecule has 2 aliphatic heterocycles. The molecular weight excluding hydrogens is 186 g/mol. The second kappa shape index (κ2) is 5.83. The molecule has 2 saturated heterocycles. The topological polar surface area (TPSA) is 18.5 Å². The lowest BCUT2D eigenvalue weighted by molar-refractivity contribution is 0.136. The van der Waals surface area contributed by atoms with Crippen LogP contribution < -0.4 is 5.32 Å². The van der Waals surface area contributed by atoms with Crippen molar-refractivity contribution in [3.8, 4) is 0 Å². The van der Waals surface area contributed by atoms with Gasteiger partial charge in [0, 0.05) is 38.8 Å². The Morgan fingerprint density at radius 3 is 2.60 bits per heavy atom. The van der Waals surface area contributed by atoms with E-state index in [1.54, 1.807) is 0 Å². The SMILES string of the molecule is CC1CNCCN1CCN1CCCCC1. The molecule has 0 aromatic carbocycles. The molecule has 0 radical (unpaired) electrons. The van der Waals surface area contributed by atoms with Crippen LogP contribution in [-0.4, -0.2) is 61.7 Å². The minimum absolute atomic E-state index is 0.726. The number of hydrogen-bond donors (Lipinski definition) is 1. The molecule has 0 aromatic heterocycles. The van der Waals surface area contributed by atoms with Gasteiger partial charge in [0.25, 0.3) is 0 Å². The summed E-state index contributed by atoms with van der Waals surface area (Å²) in [4.78, 5) is 5.27. The van der Waals surface area contributed by atoms with Gasteiger partial charge in [-0.2, -0.15) is 0 Å². The standard InChI is InChI=1S/C12H25N3/c1-12-11-13-5-8-15(12)10-9-14-6-3-2-4-7-14/h12-13H,2-11H2,1H3. The minimum atomic E-state index is 0.726. The maximum absolute atomic E-state index is 3.45. The normalized spacial score (nSPS) is 30.6. The molecule has 88 valence electrons. The van der Waals surface area contributed by atoms with Gasteiger partial charge in [0.05, 0.1) is 0 Å². The van der Waals surface area contributed by atoms with Gasteiger partial charge in [-0.1, -0.05) is 6.42 Å². The molecule has 0 amide bonds. The van der Waals surface area contributed by atoms with Crippen molar-refractivity contribution in [1.82, 2.24) is 15.1 Å². The van der Waals surface area contributed by atoms with E-state index in [0.29, 0.717) is 0 Å². The first-order valence-electron chi connectivity index (χ1n) is 6.53. The van der Waals surface area contributed by atoms with E-state index in [1.165, 1.54) is 65.1 Å². The number of rotatable bonds is 3. The third-order valence-electron chi connectivity index (χ3n) is 3.79. The highest BCUT2D eigenvalue weighted by atomic mass is 15.2. The molecule has 0 bridgehead atoms. The summed E-state index contributed by atoms with van der Waals surface area (Å²) in [6.07, 6.45) is 4.27. The van der Waals surface area contributed by atoms with Crippen molar-refractivity contribution in [2.24, 2.45) is 0 Å². The largest absolute Gasteiger partial charge is 0.314 e. The lowest BCUT2D eigenvalue weighted by Crippen LogP contribution is -2.52. The highest BCUT2D eigenvalue weighted by Gasteiger charge is 2.18. The number of likely N-dealkylation sites (tertiary alicyclic amines) is 1. The molecule has 2 heterocycles. The molecule has 0 spiro atoms. The molecule has 3 heteroatoms. The molecule has 0 saturated carbocycles. The molecule has 3 nitrogen and oxygen atoms in total. The molecule has 15 heavy (non-hydrogen) atoms. The van der Waals surface area contributed by atoms with Crippen LogP contribution in [0.5, 0.6) is 0 Å². The fourth-order valence-corrected chi connectivity index (χ4v) is 2.67. The van der Waals surface area contributed by atoms with Crippen LogP contribution in [0, 0.1) is 0 Å². The fraction of sp³-hybridized carbons (Fsp3) is 1.00. The van der Waals surface area contributed by atoms with E-state index in [2.05, 4.69) is 22.0 Å². The molecule has 0 aromatic rings. The van der Waals surface area contributed by atoms with Gasteiger partial charge in [0.15, 0.2) is 0 Å². The molecule has 1 unspecified atom stereocenters. The van der Waals surface area contributed by atoms with Gasteiger partial charge >= 0.3 is 0 Å². The smallest absolute Gasteiger partial charge is 0.0193 e. The van der Waals surface area contributed by atoms with Gasteiger partial charge in [0.1, 0.15) is 0 Å².